The van der Waals surface area contributed by atoms with E-state index in [4.69, 9.17) is 11.6 Å². The highest BCUT2D eigenvalue weighted by Crippen LogP contribution is 2.24. The number of thioether (sulfide) groups is 1. The van der Waals surface area contributed by atoms with Crippen LogP contribution in [0.25, 0.3) is 0 Å². The Balaban J connectivity index is 1.65. The van der Waals surface area contributed by atoms with E-state index in [1.165, 1.54) is 18.0 Å². The predicted octanol–water partition coefficient (Wildman–Crippen LogP) is 3.60. The summed E-state index contributed by atoms with van der Waals surface area (Å²) in [7, 11) is -3.41. The predicted molar refractivity (Wildman–Crippen MR) is 95.7 cm³/mol. The molecule has 3 heterocycles. The maximum atomic E-state index is 12.6. The Morgan fingerprint density at radius 3 is 2.46 bits per heavy atom. The number of hydrogen-bond acceptors (Lipinski definition) is 5. The Kier molecular flexibility index (Phi) is 5.76. The van der Waals surface area contributed by atoms with Crippen molar-refractivity contribution in [3.63, 3.8) is 0 Å². The molecule has 0 aromatic carbocycles. The fourth-order valence-corrected chi connectivity index (χ4v) is 4.86. The van der Waals surface area contributed by atoms with E-state index in [1.54, 1.807) is 28.7 Å². The zero-order valence-corrected chi connectivity index (χ0v) is 15.4. The minimum absolute atomic E-state index is 0.266. The molecule has 0 atom stereocenters. The third kappa shape index (κ3) is 4.27. The summed E-state index contributed by atoms with van der Waals surface area (Å²) in [5, 5.41) is 1.25. The van der Waals surface area contributed by atoms with E-state index >= 15 is 0 Å². The number of halogens is 1. The summed E-state index contributed by atoms with van der Waals surface area (Å²) >= 11 is 7.29. The molecule has 1 aliphatic heterocycles. The van der Waals surface area contributed by atoms with Gasteiger partial charge in [-0.25, -0.2) is 18.4 Å². The number of sulfonamides is 1. The van der Waals surface area contributed by atoms with Crippen molar-refractivity contribution in [1.82, 2.24) is 14.3 Å². The Morgan fingerprint density at radius 2 is 1.83 bits per heavy atom. The van der Waals surface area contributed by atoms with E-state index < -0.39 is 10.0 Å². The smallest absolute Gasteiger partial charge is 0.244 e. The van der Waals surface area contributed by atoms with Crippen molar-refractivity contribution >= 4 is 33.4 Å². The molecule has 2 aromatic rings. The van der Waals surface area contributed by atoms with Gasteiger partial charge in [-0.2, -0.15) is 4.31 Å². The second-order valence-electron chi connectivity index (χ2n) is 5.57. The highest BCUT2D eigenvalue weighted by Gasteiger charge is 2.26. The Hall–Kier alpha value is -1.15. The minimum Gasteiger partial charge on any atom is -0.249 e. The number of nitrogens with zero attached hydrogens (tertiary/aromatic N) is 3. The summed E-state index contributed by atoms with van der Waals surface area (Å²) in [6, 6.07) is 7.06. The van der Waals surface area contributed by atoms with Gasteiger partial charge in [0.25, 0.3) is 0 Å². The Bertz CT molecular complexity index is 774. The minimum atomic E-state index is -3.41. The molecule has 1 saturated heterocycles. The lowest BCUT2D eigenvalue weighted by Crippen LogP contribution is -2.35. The molecule has 128 valence electrons. The van der Waals surface area contributed by atoms with Gasteiger partial charge in [0.05, 0.1) is 5.03 Å². The number of aromatic nitrogens is 2. The molecule has 0 N–H and O–H groups in total. The highest BCUT2D eigenvalue weighted by atomic mass is 35.5. The number of hydrogen-bond donors (Lipinski definition) is 0. The van der Waals surface area contributed by atoms with Crippen molar-refractivity contribution < 1.29 is 8.42 Å². The number of pyridine rings is 2. The van der Waals surface area contributed by atoms with Gasteiger partial charge in [0.1, 0.15) is 10.0 Å². The Labute approximate surface area is 151 Å². The van der Waals surface area contributed by atoms with Gasteiger partial charge in [0, 0.05) is 31.2 Å². The summed E-state index contributed by atoms with van der Waals surface area (Å²) < 4.78 is 26.7. The molecular weight excluding hydrogens is 366 g/mol. The summed E-state index contributed by atoms with van der Waals surface area (Å²) in [5.41, 5.74) is 1.04. The molecule has 0 spiro atoms. The molecule has 0 unspecified atom stereocenters. The first-order valence-corrected chi connectivity index (χ1v) is 10.6. The van der Waals surface area contributed by atoms with Crippen LogP contribution in [0.1, 0.15) is 24.8 Å². The average Bonchev–Trinajstić information content (AvgIpc) is 2.62. The zero-order chi connectivity index (χ0) is 17.0. The largest absolute Gasteiger partial charge is 0.249 e. The third-order valence-corrected chi connectivity index (χ3v) is 6.96. The van der Waals surface area contributed by atoms with E-state index in [0.29, 0.717) is 24.0 Å². The van der Waals surface area contributed by atoms with Gasteiger partial charge < -0.3 is 0 Å². The van der Waals surface area contributed by atoms with Crippen molar-refractivity contribution in [1.29, 1.82) is 0 Å². The number of piperidine rings is 1. The van der Waals surface area contributed by atoms with Crippen molar-refractivity contribution in [3.8, 4) is 0 Å². The zero-order valence-electron chi connectivity index (χ0n) is 13.1. The van der Waals surface area contributed by atoms with Gasteiger partial charge in [-0.15, -0.1) is 11.8 Å². The standard InChI is InChI=1S/C16H18ClN3O2S2/c17-15-6-4-13(10-18-15)12-23-16-7-5-14(11-19-16)24(21,22)20-8-2-1-3-9-20/h4-7,10-11H,1-3,8-9,12H2. The van der Waals surface area contributed by atoms with Gasteiger partial charge in [-0.1, -0.05) is 24.1 Å². The third-order valence-electron chi connectivity index (χ3n) is 3.84. The molecule has 3 rings (SSSR count). The average molecular weight is 384 g/mol. The fraction of sp³-hybridized carbons (Fsp3) is 0.375. The highest BCUT2D eigenvalue weighted by molar-refractivity contribution is 7.98. The molecule has 1 fully saturated rings. The van der Waals surface area contributed by atoms with E-state index in [9.17, 15) is 8.42 Å². The van der Waals surface area contributed by atoms with Crippen LogP contribution >= 0.6 is 23.4 Å². The summed E-state index contributed by atoms with van der Waals surface area (Å²) in [6.07, 6.45) is 6.13. The molecule has 0 amide bonds. The van der Waals surface area contributed by atoms with Gasteiger partial charge in [-0.05, 0) is 36.6 Å². The fourth-order valence-electron chi connectivity index (χ4n) is 2.51. The summed E-state index contributed by atoms with van der Waals surface area (Å²) in [5.74, 6) is 0.704. The molecule has 0 saturated carbocycles. The maximum Gasteiger partial charge on any atom is 0.244 e. The molecule has 5 nitrogen and oxygen atoms in total. The molecule has 0 bridgehead atoms. The van der Waals surface area contributed by atoms with E-state index in [1.807, 2.05) is 6.07 Å². The molecule has 1 aliphatic rings. The number of rotatable bonds is 5. The normalized spacial score (nSPS) is 16.2. The van der Waals surface area contributed by atoms with E-state index in [-0.39, 0.29) is 4.90 Å². The van der Waals surface area contributed by atoms with Crippen molar-refractivity contribution in [3.05, 3.63) is 47.4 Å². The lowest BCUT2D eigenvalue weighted by Gasteiger charge is -2.25. The van der Waals surface area contributed by atoms with Crippen molar-refractivity contribution in [2.45, 2.75) is 34.9 Å². The molecule has 8 heteroatoms. The van der Waals surface area contributed by atoms with Gasteiger partial charge in [-0.3, -0.25) is 0 Å². The lowest BCUT2D eigenvalue weighted by atomic mass is 10.2. The maximum absolute atomic E-state index is 12.6. The van der Waals surface area contributed by atoms with E-state index in [0.717, 1.165) is 29.9 Å². The first-order valence-electron chi connectivity index (χ1n) is 7.75. The lowest BCUT2D eigenvalue weighted by molar-refractivity contribution is 0.346. The topological polar surface area (TPSA) is 63.2 Å². The molecule has 0 aliphatic carbocycles. The van der Waals surface area contributed by atoms with Crippen LogP contribution in [0.5, 0.6) is 0 Å². The van der Waals surface area contributed by atoms with Gasteiger partial charge in [0.15, 0.2) is 0 Å². The van der Waals surface area contributed by atoms with Crippen molar-refractivity contribution in [2.24, 2.45) is 0 Å². The first-order chi connectivity index (χ1) is 11.6. The molecule has 24 heavy (non-hydrogen) atoms. The molecule has 2 aromatic heterocycles. The Morgan fingerprint density at radius 1 is 1.04 bits per heavy atom. The van der Waals surface area contributed by atoms with Crippen LogP contribution in [-0.4, -0.2) is 35.8 Å². The first kappa shape index (κ1) is 17.7. The van der Waals surface area contributed by atoms with Crippen LogP contribution in [0.2, 0.25) is 5.15 Å². The van der Waals surface area contributed by atoms with Crippen LogP contribution < -0.4 is 0 Å². The monoisotopic (exact) mass is 383 g/mol. The van der Waals surface area contributed by atoms with Crippen molar-refractivity contribution in [2.75, 3.05) is 13.1 Å². The van der Waals surface area contributed by atoms with Crippen LogP contribution in [0.15, 0.2) is 46.6 Å². The molecular formula is C16H18ClN3O2S2. The molecule has 0 radical (unpaired) electrons. The van der Waals surface area contributed by atoms with Crippen LogP contribution in [0.4, 0.5) is 0 Å². The van der Waals surface area contributed by atoms with Gasteiger partial charge >= 0.3 is 0 Å². The SMILES string of the molecule is O=S(=O)(c1ccc(SCc2ccc(Cl)nc2)nc1)N1CCCCC1. The van der Waals surface area contributed by atoms with E-state index in [2.05, 4.69) is 9.97 Å². The summed E-state index contributed by atoms with van der Waals surface area (Å²) in [4.78, 5) is 8.59. The van der Waals surface area contributed by atoms with Crippen LogP contribution in [0, 0.1) is 0 Å². The quantitative estimate of drug-likeness (QED) is 0.583. The summed E-state index contributed by atoms with van der Waals surface area (Å²) in [6.45, 7) is 1.20. The van der Waals surface area contributed by atoms with Gasteiger partial charge in [0.2, 0.25) is 10.0 Å². The van der Waals surface area contributed by atoms with Crippen LogP contribution in [-0.2, 0) is 15.8 Å². The second-order valence-corrected chi connectivity index (χ2v) is 8.90. The van der Waals surface area contributed by atoms with Crippen LogP contribution in [0.3, 0.4) is 0 Å². The second kappa shape index (κ2) is 7.82.